The van der Waals surface area contributed by atoms with Crippen molar-refractivity contribution < 1.29 is 33.4 Å². The minimum absolute atomic E-state index is 0.00170. The van der Waals surface area contributed by atoms with Gasteiger partial charge in [0.2, 0.25) is 5.91 Å². The number of anilines is 2. The molecule has 10 nitrogen and oxygen atoms in total. The van der Waals surface area contributed by atoms with Gasteiger partial charge >= 0.3 is 6.09 Å². The summed E-state index contributed by atoms with van der Waals surface area (Å²) < 4.78 is 25.3. The molecule has 2 unspecified atom stereocenters. The van der Waals surface area contributed by atoms with E-state index in [0.29, 0.717) is 24.0 Å². The van der Waals surface area contributed by atoms with Gasteiger partial charge < -0.3 is 19.9 Å². The largest absolute Gasteiger partial charge is 0.443 e. The molecule has 2 N–H and O–H groups in total. The van der Waals surface area contributed by atoms with Gasteiger partial charge in [-0.15, -0.1) is 0 Å². The van der Waals surface area contributed by atoms with Crippen molar-refractivity contribution in [2.75, 3.05) is 18.5 Å². The van der Waals surface area contributed by atoms with Crippen molar-refractivity contribution in [3.05, 3.63) is 70.1 Å². The van der Waals surface area contributed by atoms with Gasteiger partial charge in [0, 0.05) is 18.8 Å². The maximum atomic E-state index is 14.7. The summed E-state index contributed by atoms with van der Waals surface area (Å²) in [4.78, 5) is 47.0. The number of nitrogens with one attached hydrogen (secondary N) is 1. The Morgan fingerprint density at radius 1 is 1.24 bits per heavy atom. The molecule has 1 aliphatic heterocycles. The van der Waals surface area contributed by atoms with Crippen LogP contribution in [-0.2, 0) is 14.3 Å². The molecule has 0 bridgehead atoms. The molecule has 2 heterocycles. The Kier molecular flexibility index (Phi) is 9.01. The molecule has 0 radical (unpaired) electrons. The minimum atomic E-state index is -1.55. The standard InChI is InChI=1S/C29H30ClFN4O6/c1-5-40-27(38)23-21(15-36)33-24(22-19(30)7-6-8-20(22)31)34-25(23)32-17-11-9-16(10-12-17)18-13-14-35(26(18)37)28(39)41-29(2,3)4/h6-12,15,18,27,38H,5,13-14H2,1-4H3,(H,32,33,34). The molecule has 1 aromatic heterocycles. The second-order valence-corrected chi connectivity index (χ2v) is 10.7. The smallest absolute Gasteiger partial charge is 0.417 e. The van der Waals surface area contributed by atoms with E-state index in [2.05, 4.69) is 15.3 Å². The van der Waals surface area contributed by atoms with Crippen LogP contribution < -0.4 is 5.32 Å². The quantitative estimate of drug-likeness (QED) is 0.250. The molecule has 0 aliphatic carbocycles. The molecule has 1 saturated heterocycles. The van der Waals surface area contributed by atoms with Crippen molar-refractivity contribution in [1.29, 1.82) is 0 Å². The number of aliphatic hydroxyl groups is 1. The van der Waals surface area contributed by atoms with Crippen molar-refractivity contribution >= 4 is 41.4 Å². The summed E-state index contributed by atoms with van der Waals surface area (Å²) in [6.07, 6.45) is -1.38. The predicted molar refractivity (Wildman–Crippen MR) is 149 cm³/mol. The first kappa shape index (κ1) is 30.0. The lowest BCUT2D eigenvalue weighted by molar-refractivity contribution is -0.128. The van der Waals surface area contributed by atoms with Crippen molar-refractivity contribution in [1.82, 2.24) is 14.9 Å². The number of aliphatic hydroxyl groups excluding tert-OH is 1. The fourth-order valence-corrected chi connectivity index (χ4v) is 4.65. The molecule has 1 aliphatic rings. The van der Waals surface area contributed by atoms with Gasteiger partial charge in [0.1, 0.15) is 22.9 Å². The van der Waals surface area contributed by atoms with E-state index in [9.17, 15) is 23.9 Å². The first-order valence-electron chi connectivity index (χ1n) is 13.0. The highest BCUT2D eigenvalue weighted by atomic mass is 35.5. The molecule has 2 amide bonds. The Balaban J connectivity index is 1.65. The molecule has 3 aromatic rings. The van der Waals surface area contributed by atoms with E-state index in [1.165, 1.54) is 18.2 Å². The molecule has 4 rings (SSSR count). The fourth-order valence-electron chi connectivity index (χ4n) is 4.40. The molecule has 0 saturated carbocycles. The molecule has 216 valence electrons. The monoisotopic (exact) mass is 584 g/mol. The van der Waals surface area contributed by atoms with E-state index in [1.807, 2.05) is 0 Å². The number of hydrogen-bond acceptors (Lipinski definition) is 9. The molecule has 41 heavy (non-hydrogen) atoms. The number of carbonyl (C=O) groups excluding carboxylic acids is 3. The summed E-state index contributed by atoms with van der Waals surface area (Å²) in [5.74, 6) is -1.73. The van der Waals surface area contributed by atoms with Crippen LogP contribution in [-0.4, -0.2) is 57.0 Å². The molecular weight excluding hydrogens is 555 g/mol. The van der Waals surface area contributed by atoms with Gasteiger partial charge in [-0.1, -0.05) is 29.8 Å². The Bertz CT molecular complexity index is 1440. The zero-order chi connectivity index (χ0) is 29.9. The van der Waals surface area contributed by atoms with Crippen LogP contribution in [0.25, 0.3) is 11.4 Å². The Morgan fingerprint density at radius 3 is 2.56 bits per heavy atom. The highest BCUT2D eigenvalue weighted by Crippen LogP contribution is 2.35. The Morgan fingerprint density at radius 2 is 1.95 bits per heavy atom. The highest BCUT2D eigenvalue weighted by molar-refractivity contribution is 6.33. The van der Waals surface area contributed by atoms with E-state index in [0.717, 1.165) is 4.90 Å². The second kappa shape index (κ2) is 12.3. The SMILES string of the molecule is CCOC(O)c1c(C=O)nc(-c2c(F)cccc2Cl)nc1Nc1ccc(C2CCN(C(=O)OC(C)(C)C)C2=O)cc1. The third-order valence-electron chi connectivity index (χ3n) is 6.24. The number of aromatic nitrogens is 2. The molecule has 1 fully saturated rings. The van der Waals surface area contributed by atoms with E-state index in [1.54, 1.807) is 52.0 Å². The van der Waals surface area contributed by atoms with Gasteiger partial charge in [-0.2, -0.15) is 0 Å². The van der Waals surface area contributed by atoms with Crippen LogP contribution in [0, 0.1) is 5.82 Å². The average molecular weight is 585 g/mol. The van der Waals surface area contributed by atoms with Crippen LogP contribution in [0.3, 0.4) is 0 Å². The average Bonchev–Trinajstić information content (AvgIpc) is 3.29. The summed E-state index contributed by atoms with van der Waals surface area (Å²) >= 11 is 6.21. The minimum Gasteiger partial charge on any atom is -0.443 e. The molecule has 0 spiro atoms. The van der Waals surface area contributed by atoms with Gasteiger partial charge in [0.15, 0.2) is 18.4 Å². The van der Waals surface area contributed by atoms with Crippen LogP contribution >= 0.6 is 11.6 Å². The van der Waals surface area contributed by atoms with E-state index < -0.39 is 29.7 Å². The normalized spacial score (nSPS) is 16.0. The van der Waals surface area contributed by atoms with Gasteiger partial charge in [0.25, 0.3) is 0 Å². The fraction of sp³-hybridized carbons (Fsp3) is 0.345. The maximum absolute atomic E-state index is 14.7. The number of carbonyl (C=O) groups is 3. The number of ether oxygens (including phenoxy) is 2. The molecule has 2 aromatic carbocycles. The van der Waals surface area contributed by atoms with Gasteiger partial charge in [-0.05, 0) is 63.9 Å². The number of likely N-dealkylation sites (tertiary alicyclic amines) is 1. The zero-order valence-corrected chi connectivity index (χ0v) is 23.7. The summed E-state index contributed by atoms with van der Waals surface area (Å²) in [5, 5.41) is 13.7. The molecule has 2 atom stereocenters. The molecular formula is C29H30ClFN4O6. The predicted octanol–water partition coefficient (Wildman–Crippen LogP) is 5.77. The molecule has 12 heteroatoms. The number of benzene rings is 2. The maximum Gasteiger partial charge on any atom is 0.417 e. The number of hydrogen-bond donors (Lipinski definition) is 2. The Hall–Kier alpha value is -3.93. The van der Waals surface area contributed by atoms with E-state index in [-0.39, 0.29) is 52.5 Å². The summed E-state index contributed by atoms with van der Waals surface area (Å²) in [5.41, 5.74) is 0.0850. The number of nitrogens with zero attached hydrogens (tertiary/aromatic N) is 3. The lowest BCUT2D eigenvalue weighted by Gasteiger charge is -2.23. The van der Waals surface area contributed by atoms with Crippen LogP contribution in [0.5, 0.6) is 0 Å². The van der Waals surface area contributed by atoms with Crippen LogP contribution in [0.15, 0.2) is 42.5 Å². The van der Waals surface area contributed by atoms with E-state index >= 15 is 0 Å². The van der Waals surface area contributed by atoms with Crippen LogP contribution in [0.1, 0.15) is 67.9 Å². The second-order valence-electron chi connectivity index (χ2n) is 10.3. The summed E-state index contributed by atoms with van der Waals surface area (Å²) in [6, 6.07) is 10.9. The van der Waals surface area contributed by atoms with E-state index in [4.69, 9.17) is 21.1 Å². The number of halogens is 2. The topological polar surface area (TPSA) is 131 Å². The summed E-state index contributed by atoms with van der Waals surface area (Å²) in [6.45, 7) is 7.24. The first-order valence-corrected chi connectivity index (χ1v) is 13.3. The lowest BCUT2D eigenvalue weighted by Crippen LogP contribution is -2.38. The van der Waals surface area contributed by atoms with Crippen LogP contribution in [0.2, 0.25) is 5.02 Å². The third kappa shape index (κ3) is 6.70. The van der Waals surface area contributed by atoms with Gasteiger partial charge in [0.05, 0.1) is 22.1 Å². The number of amides is 2. The zero-order valence-electron chi connectivity index (χ0n) is 23.0. The first-order chi connectivity index (χ1) is 19.4. The highest BCUT2D eigenvalue weighted by Gasteiger charge is 2.38. The number of aldehydes is 1. The Labute approximate surface area is 241 Å². The van der Waals surface area contributed by atoms with Gasteiger partial charge in [-0.25, -0.2) is 24.1 Å². The van der Waals surface area contributed by atoms with Crippen molar-refractivity contribution in [2.45, 2.75) is 51.9 Å². The van der Waals surface area contributed by atoms with Crippen molar-refractivity contribution in [3.63, 3.8) is 0 Å². The lowest BCUT2D eigenvalue weighted by atomic mass is 9.97. The summed E-state index contributed by atoms with van der Waals surface area (Å²) in [7, 11) is 0. The van der Waals surface area contributed by atoms with Crippen molar-refractivity contribution in [3.8, 4) is 11.4 Å². The third-order valence-corrected chi connectivity index (χ3v) is 6.55. The number of imide groups is 1. The van der Waals surface area contributed by atoms with Crippen LogP contribution in [0.4, 0.5) is 20.7 Å². The van der Waals surface area contributed by atoms with Crippen molar-refractivity contribution in [2.24, 2.45) is 0 Å². The van der Waals surface area contributed by atoms with Gasteiger partial charge in [-0.3, -0.25) is 9.59 Å². The number of rotatable bonds is 8.